The number of hydrogen-bond acceptors (Lipinski definition) is 6. The van der Waals surface area contributed by atoms with Gasteiger partial charge in [0.15, 0.2) is 0 Å². The Bertz CT molecular complexity index is 574. The molecule has 21 heavy (non-hydrogen) atoms. The summed E-state index contributed by atoms with van der Waals surface area (Å²) < 4.78 is 37.4. The van der Waals surface area contributed by atoms with E-state index < -0.39 is 10.0 Å². The maximum atomic E-state index is 12.4. The maximum absolute atomic E-state index is 12.4. The number of nitrogens with one attached hydrogen (secondary N) is 1. The summed E-state index contributed by atoms with van der Waals surface area (Å²) in [5, 5.41) is 8.78. The van der Waals surface area contributed by atoms with Crippen molar-refractivity contribution in [2.24, 2.45) is 0 Å². The van der Waals surface area contributed by atoms with Gasteiger partial charge in [0.05, 0.1) is 19.9 Å². The normalized spacial score (nSPS) is 13.0. The van der Waals surface area contributed by atoms with Crippen molar-refractivity contribution in [3.05, 3.63) is 12.1 Å². The highest BCUT2D eigenvalue weighted by Gasteiger charge is 2.23. The zero-order chi connectivity index (χ0) is 16.0. The van der Waals surface area contributed by atoms with E-state index in [-0.39, 0.29) is 29.0 Å². The minimum Gasteiger partial charge on any atom is -0.495 e. The first-order chi connectivity index (χ1) is 9.85. The number of methoxy groups -OCH3 is 2. The zero-order valence-electron chi connectivity index (χ0n) is 12.4. The third-order valence-corrected chi connectivity index (χ3v) is 4.57. The lowest BCUT2D eigenvalue weighted by atomic mass is 10.2. The van der Waals surface area contributed by atoms with E-state index in [1.165, 1.54) is 26.4 Å². The van der Waals surface area contributed by atoms with Gasteiger partial charge < -0.3 is 20.3 Å². The molecule has 0 aliphatic carbocycles. The van der Waals surface area contributed by atoms with Crippen LogP contribution in [0.4, 0.5) is 5.69 Å². The first-order valence-electron chi connectivity index (χ1n) is 6.50. The van der Waals surface area contributed by atoms with Crippen molar-refractivity contribution < 1.29 is 23.0 Å². The topological polar surface area (TPSA) is 111 Å². The molecular weight excluding hydrogens is 296 g/mol. The first kappa shape index (κ1) is 17.5. The Balaban J connectivity index is 3.10. The predicted octanol–water partition coefficient (Wildman–Crippen LogP) is 0.725. The lowest BCUT2D eigenvalue weighted by molar-refractivity contribution is 0.279. The van der Waals surface area contributed by atoms with Crippen LogP contribution in [0.1, 0.15) is 19.8 Å². The average molecular weight is 318 g/mol. The highest BCUT2D eigenvalue weighted by molar-refractivity contribution is 7.89. The average Bonchev–Trinajstić information content (AvgIpc) is 2.44. The quantitative estimate of drug-likeness (QED) is 0.609. The van der Waals surface area contributed by atoms with Crippen LogP contribution in [0.3, 0.4) is 0 Å². The molecule has 0 heterocycles. The maximum Gasteiger partial charge on any atom is 0.244 e. The molecule has 0 aliphatic heterocycles. The number of benzene rings is 1. The molecule has 1 rings (SSSR count). The van der Waals surface area contributed by atoms with Crippen LogP contribution in [0.5, 0.6) is 11.5 Å². The van der Waals surface area contributed by atoms with Gasteiger partial charge in [-0.3, -0.25) is 0 Å². The van der Waals surface area contributed by atoms with Crippen LogP contribution >= 0.6 is 0 Å². The summed E-state index contributed by atoms with van der Waals surface area (Å²) in [5.74, 6) is 0.502. The van der Waals surface area contributed by atoms with Crippen molar-refractivity contribution in [3.63, 3.8) is 0 Å². The molecule has 0 saturated carbocycles. The molecular formula is C13H22N2O5S. The van der Waals surface area contributed by atoms with Crippen LogP contribution in [0.2, 0.25) is 0 Å². The molecule has 0 radical (unpaired) electrons. The fourth-order valence-corrected chi connectivity index (χ4v) is 3.35. The molecule has 1 aromatic carbocycles. The van der Waals surface area contributed by atoms with Gasteiger partial charge in [-0.1, -0.05) is 0 Å². The van der Waals surface area contributed by atoms with Crippen LogP contribution in [-0.2, 0) is 10.0 Å². The van der Waals surface area contributed by atoms with Crippen molar-refractivity contribution >= 4 is 15.7 Å². The predicted molar refractivity (Wildman–Crippen MR) is 80.1 cm³/mol. The van der Waals surface area contributed by atoms with E-state index in [0.29, 0.717) is 18.6 Å². The van der Waals surface area contributed by atoms with E-state index >= 15 is 0 Å². The molecule has 0 fully saturated rings. The number of sulfonamides is 1. The van der Waals surface area contributed by atoms with Crippen LogP contribution in [0.15, 0.2) is 17.0 Å². The lowest BCUT2D eigenvalue weighted by Gasteiger charge is -2.17. The first-order valence-corrected chi connectivity index (χ1v) is 7.98. The van der Waals surface area contributed by atoms with Gasteiger partial charge >= 0.3 is 0 Å². The molecule has 1 atom stereocenters. The summed E-state index contributed by atoms with van der Waals surface area (Å²) in [6.45, 7) is 1.75. The van der Waals surface area contributed by atoms with Crippen molar-refractivity contribution in [1.82, 2.24) is 4.72 Å². The molecule has 0 spiro atoms. The van der Waals surface area contributed by atoms with Crippen molar-refractivity contribution in [2.75, 3.05) is 26.6 Å². The number of nitrogen functional groups attached to an aromatic ring is 1. The van der Waals surface area contributed by atoms with Gasteiger partial charge in [0.2, 0.25) is 10.0 Å². The van der Waals surface area contributed by atoms with Crippen LogP contribution in [0, 0.1) is 0 Å². The number of aliphatic hydroxyl groups excluding tert-OH is 1. The monoisotopic (exact) mass is 318 g/mol. The fourth-order valence-electron chi connectivity index (χ4n) is 1.89. The second kappa shape index (κ2) is 7.48. The molecule has 1 unspecified atom stereocenters. The van der Waals surface area contributed by atoms with E-state index in [1.807, 2.05) is 0 Å². The summed E-state index contributed by atoms with van der Waals surface area (Å²) >= 11 is 0. The fraction of sp³-hybridized carbons (Fsp3) is 0.538. The van der Waals surface area contributed by atoms with Crippen molar-refractivity contribution in [2.45, 2.75) is 30.7 Å². The molecule has 0 aromatic heterocycles. The molecule has 0 aliphatic rings. The Kier molecular flexibility index (Phi) is 6.25. The van der Waals surface area contributed by atoms with Gasteiger partial charge in [-0.2, -0.15) is 0 Å². The van der Waals surface area contributed by atoms with Crippen LogP contribution in [0.25, 0.3) is 0 Å². The van der Waals surface area contributed by atoms with E-state index in [2.05, 4.69) is 4.72 Å². The van der Waals surface area contributed by atoms with Crippen LogP contribution < -0.4 is 19.9 Å². The number of nitrogens with two attached hydrogens (primary N) is 1. The Morgan fingerprint density at radius 2 is 1.90 bits per heavy atom. The molecule has 7 nitrogen and oxygen atoms in total. The molecule has 0 bridgehead atoms. The van der Waals surface area contributed by atoms with Crippen LogP contribution in [-0.4, -0.2) is 40.4 Å². The molecule has 4 N–H and O–H groups in total. The molecule has 1 aromatic rings. The molecule has 0 amide bonds. The third-order valence-electron chi connectivity index (χ3n) is 2.96. The third kappa shape index (κ3) is 4.48. The van der Waals surface area contributed by atoms with Gasteiger partial charge in [0.1, 0.15) is 16.4 Å². The van der Waals surface area contributed by atoms with E-state index in [0.717, 1.165) is 0 Å². The second-order valence-corrected chi connectivity index (χ2v) is 6.32. The SMILES string of the molecule is COc1cc(OC)c(S(=O)(=O)NC(C)CCCO)cc1N. The number of rotatable bonds is 8. The smallest absolute Gasteiger partial charge is 0.244 e. The highest BCUT2D eigenvalue weighted by Crippen LogP contribution is 2.33. The summed E-state index contributed by atoms with van der Waals surface area (Å²) in [6.07, 6.45) is 1.05. The van der Waals surface area contributed by atoms with Gasteiger partial charge in [0, 0.05) is 18.7 Å². The Morgan fingerprint density at radius 3 is 2.43 bits per heavy atom. The van der Waals surface area contributed by atoms with E-state index in [9.17, 15) is 8.42 Å². The summed E-state index contributed by atoms with van der Waals surface area (Å²) in [4.78, 5) is -0.0425. The standard InChI is InChI=1S/C13H22N2O5S/c1-9(5-4-6-16)15-21(17,18)13-7-10(14)11(19-2)8-12(13)20-3/h7-9,15-16H,4-6,14H2,1-3H3. The van der Waals surface area contributed by atoms with E-state index in [4.69, 9.17) is 20.3 Å². The largest absolute Gasteiger partial charge is 0.495 e. The minimum absolute atomic E-state index is 0.0187. The molecule has 120 valence electrons. The summed E-state index contributed by atoms with van der Waals surface area (Å²) in [7, 11) is -0.959. The summed E-state index contributed by atoms with van der Waals surface area (Å²) in [6, 6.07) is 2.43. The Hall–Kier alpha value is -1.51. The van der Waals surface area contributed by atoms with Gasteiger partial charge in [-0.05, 0) is 25.8 Å². The Labute approximate surface area is 125 Å². The number of anilines is 1. The van der Waals surface area contributed by atoms with Crippen molar-refractivity contribution in [1.29, 1.82) is 0 Å². The van der Waals surface area contributed by atoms with E-state index in [1.54, 1.807) is 6.92 Å². The summed E-state index contributed by atoms with van der Waals surface area (Å²) in [5.41, 5.74) is 5.97. The Morgan fingerprint density at radius 1 is 1.29 bits per heavy atom. The number of ether oxygens (including phenoxy) is 2. The highest BCUT2D eigenvalue weighted by atomic mass is 32.2. The zero-order valence-corrected chi connectivity index (χ0v) is 13.2. The van der Waals surface area contributed by atoms with Gasteiger partial charge in [0.25, 0.3) is 0 Å². The molecule has 0 saturated heterocycles. The molecule has 8 heteroatoms. The lowest BCUT2D eigenvalue weighted by Crippen LogP contribution is -2.33. The van der Waals surface area contributed by atoms with Gasteiger partial charge in [-0.25, -0.2) is 13.1 Å². The number of hydrogen-bond donors (Lipinski definition) is 3. The minimum atomic E-state index is -3.77. The van der Waals surface area contributed by atoms with Crippen molar-refractivity contribution in [3.8, 4) is 11.5 Å². The van der Waals surface area contributed by atoms with Gasteiger partial charge in [-0.15, -0.1) is 0 Å². The second-order valence-electron chi connectivity index (χ2n) is 4.63. The number of aliphatic hydroxyl groups is 1.